The number of anilines is 2. The second kappa shape index (κ2) is 4.37. The van der Waals surface area contributed by atoms with Gasteiger partial charge >= 0.3 is 0 Å². The van der Waals surface area contributed by atoms with E-state index in [-0.39, 0.29) is 6.10 Å². The summed E-state index contributed by atoms with van der Waals surface area (Å²) in [5.74, 6) is 0.855. The summed E-state index contributed by atoms with van der Waals surface area (Å²) in [6.07, 6.45) is 2.01. The summed E-state index contributed by atoms with van der Waals surface area (Å²) in [5, 5.41) is 0. The van der Waals surface area contributed by atoms with Gasteiger partial charge in [-0.05, 0) is 28.9 Å². The summed E-state index contributed by atoms with van der Waals surface area (Å²) in [6.45, 7) is 4.49. The van der Waals surface area contributed by atoms with Gasteiger partial charge in [0.1, 0.15) is 0 Å². The molecule has 2 N–H and O–H groups in total. The van der Waals surface area contributed by atoms with Gasteiger partial charge in [-0.1, -0.05) is 0 Å². The molecule has 1 fully saturated rings. The molecule has 82 valence electrons. The van der Waals surface area contributed by atoms with Crippen molar-refractivity contribution in [2.24, 2.45) is 0 Å². The summed E-state index contributed by atoms with van der Waals surface area (Å²) >= 11 is 3.35. The number of ether oxygens (including phenoxy) is 1. The number of morpholine rings is 1. The fourth-order valence-electron chi connectivity index (χ4n) is 1.72. The molecule has 0 spiro atoms. The van der Waals surface area contributed by atoms with E-state index in [9.17, 15) is 0 Å². The van der Waals surface area contributed by atoms with Crippen molar-refractivity contribution in [1.82, 2.24) is 4.98 Å². The molecule has 0 saturated carbocycles. The van der Waals surface area contributed by atoms with E-state index >= 15 is 0 Å². The zero-order chi connectivity index (χ0) is 10.8. The van der Waals surface area contributed by atoms with E-state index in [0.717, 1.165) is 30.0 Å². The highest BCUT2D eigenvalue weighted by Crippen LogP contribution is 2.24. The fourth-order valence-corrected chi connectivity index (χ4v) is 2.07. The van der Waals surface area contributed by atoms with Crippen LogP contribution in [0.5, 0.6) is 0 Å². The summed E-state index contributed by atoms with van der Waals surface area (Å²) in [4.78, 5) is 6.50. The Morgan fingerprint density at radius 3 is 3.13 bits per heavy atom. The molecule has 0 radical (unpaired) electrons. The van der Waals surface area contributed by atoms with Crippen molar-refractivity contribution in [3.05, 3.63) is 16.7 Å². The van der Waals surface area contributed by atoms with Crippen LogP contribution in [0.2, 0.25) is 0 Å². The van der Waals surface area contributed by atoms with Crippen molar-refractivity contribution < 1.29 is 4.74 Å². The van der Waals surface area contributed by atoms with Crippen molar-refractivity contribution in [3.63, 3.8) is 0 Å². The molecule has 4 nitrogen and oxygen atoms in total. The first-order chi connectivity index (χ1) is 7.16. The molecule has 15 heavy (non-hydrogen) atoms. The Hall–Kier alpha value is -0.810. The Labute approximate surface area is 97.6 Å². The van der Waals surface area contributed by atoms with Crippen LogP contribution in [0.3, 0.4) is 0 Å². The molecule has 1 atom stereocenters. The van der Waals surface area contributed by atoms with Gasteiger partial charge in [0.2, 0.25) is 0 Å². The molecule has 0 amide bonds. The first-order valence-corrected chi connectivity index (χ1v) is 5.73. The average molecular weight is 272 g/mol. The minimum absolute atomic E-state index is 0.239. The number of nitrogens with two attached hydrogens (primary N) is 1. The predicted octanol–water partition coefficient (Wildman–Crippen LogP) is 1.65. The molecule has 1 saturated heterocycles. The summed E-state index contributed by atoms with van der Waals surface area (Å²) < 4.78 is 6.38. The van der Waals surface area contributed by atoms with Crippen LogP contribution >= 0.6 is 15.9 Å². The Kier molecular flexibility index (Phi) is 3.11. The van der Waals surface area contributed by atoms with Crippen molar-refractivity contribution in [3.8, 4) is 0 Å². The van der Waals surface area contributed by atoms with Gasteiger partial charge in [0.15, 0.2) is 5.82 Å². The lowest BCUT2D eigenvalue weighted by Gasteiger charge is -2.32. The highest BCUT2D eigenvalue weighted by molar-refractivity contribution is 9.10. The maximum atomic E-state index is 5.92. The standard InChI is InChI=1S/C10H14BrN3O/c1-7-6-14(2-3-15-7)10-9(12)4-8(11)5-13-10/h4-5,7H,2-3,6,12H2,1H3. The third kappa shape index (κ3) is 2.41. The molecule has 1 aliphatic heterocycles. The van der Waals surface area contributed by atoms with Gasteiger partial charge in [-0.25, -0.2) is 4.98 Å². The minimum Gasteiger partial charge on any atom is -0.396 e. The highest BCUT2D eigenvalue weighted by Gasteiger charge is 2.19. The third-order valence-electron chi connectivity index (χ3n) is 2.40. The van der Waals surface area contributed by atoms with Crippen LogP contribution in [0.4, 0.5) is 11.5 Å². The highest BCUT2D eigenvalue weighted by atomic mass is 79.9. The van der Waals surface area contributed by atoms with E-state index in [1.165, 1.54) is 0 Å². The Balaban J connectivity index is 2.21. The topological polar surface area (TPSA) is 51.4 Å². The summed E-state index contributed by atoms with van der Waals surface area (Å²) in [7, 11) is 0. The van der Waals surface area contributed by atoms with Gasteiger partial charge in [0.05, 0.1) is 18.4 Å². The van der Waals surface area contributed by atoms with Crippen molar-refractivity contribution in [2.75, 3.05) is 30.3 Å². The quantitative estimate of drug-likeness (QED) is 0.844. The Morgan fingerprint density at radius 2 is 2.47 bits per heavy atom. The smallest absolute Gasteiger partial charge is 0.152 e. The van der Waals surface area contributed by atoms with Crippen molar-refractivity contribution in [2.45, 2.75) is 13.0 Å². The molecular formula is C10H14BrN3O. The summed E-state index contributed by atoms with van der Waals surface area (Å²) in [6, 6.07) is 1.88. The molecule has 1 aromatic heterocycles. The van der Waals surface area contributed by atoms with E-state index in [2.05, 4.69) is 32.7 Å². The maximum Gasteiger partial charge on any atom is 0.152 e. The average Bonchev–Trinajstić information content (AvgIpc) is 2.17. The first kappa shape index (κ1) is 10.7. The van der Waals surface area contributed by atoms with Gasteiger partial charge < -0.3 is 15.4 Å². The Morgan fingerprint density at radius 1 is 1.67 bits per heavy atom. The van der Waals surface area contributed by atoms with Gasteiger partial charge in [-0.3, -0.25) is 0 Å². The number of nitrogens with zero attached hydrogens (tertiary/aromatic N) is 2. The second-order valence-electron chi connectivity index (χ2n) is 3.69. The first-order valence-electron chi connectivity index (χ1n) is 4.94. The monoisotopic (exact) mass is 271 g/mol. The zero-order valence-electron chi connectivity index (χ0n) is 8.61. The van der Waals surface area contributed by atoms with Gasteiger partial charge in [0.25, 0.3) is 0 Å². The number of rotatable bonds is 1. The molecule has 2 heterocycles. The molecule has 5 heteroatoms. The predicted molar refractivity (Wildman–Crippen MR) is 64.0 cm³/mol. The normalized spacial score (nSPS) is 21.7. The van der Waals surface area contributed by atoms with Gasteiger partial charge in [-0.2, -0.15) is 0 Å². The van der Waals surface area contributed by atoms with Gasteiger partial charge in [-0.15, -0.1) is 0 Å². The SMILES string of the molecule is CC1CN(c2ncc(Br)cc2N)CCO1. The van der Waals surface area contributed by atoms with Crippen LogP contribution in [0, 0.1) is 0 Å². The number of halogens is 1. The van der Waals surface area contributed by atoms with E-state index in [0.29, 0.717) is 5.69 Å². The largest absolute Gasteiger partial charge is 0.396 e. The number of hydrogen-bond acceptors (Lipinski definition) is 4. The minimum atomic E-state index is 0.239. The van der Waals surface area contributed by atoms with E-state index in [4.69, 9.17) is 10.5 Å². The Bertz CT molecular complexity index is 359. The van der Waals surface area contributed by atoms with Crippen molar-refractivity contribution in [1.29, 1.82) is 0 Å². The molecule has 2 rings (SSSR count). The van der Waals surface area contributed by atoms with E-state index in [1.54, 1.807) is 6.20 Å². The number of hydrogen-bond donors (Lipinski definition) is 1. The molecule has 1 unspecified atom stereocenters. The number of nitrogen functional groups attached to an aromatic ring is 1. The summed E-state index contributed by atoms with van der Waals surface area (Å²) in [5.41, 5.74) is 6.63. The maximum absolute atomic E-state index is 5.92. The molecule has 1 aromatic rings. The molecule has 0 aromatic carbocycles. The third-order valence-corrected chi connectivity index (χ3v) is 2.84. The van der Waals surface area contributed by atoms with Crippen LogP contribution < -0.4 is 10.6 Å². The lowest BCUT2D eigenvalue weighted by Crippen LogP contribution is -2.41. The van der Waals surface area contributed by atoms with Crippen LogP contribution in [0.1, 0.15) is 6.92 Å². The molecule has 1 aliphatic rings. The van der Waals surface area contributed by atoms with E-state index in [1.807, 2.05) is 6.07 Å². The van der Waals surface area contributed by atoms with Crippen LogP contribution in [-0.4, -0.2) is 30.8 Å². The zero-order valence-corrected chi connectivity index (χ0v) is 10.2. The molecule has 0 bridgehead atoms. The van der Waals surface area contributed by atoms with Crippen LogP contribution in [0.15, 0.2) is 16.7 Å². The number of pyridine rings is 1. The van der Waals surface area contributed by atoms with Crippen LogP contribution in [-0.2, 0) is 4.74 Å². The van der Waals surface area contributed by atoms with Crippen LogP contribution in [0.25, 0.3) is 0 Å². The van der Waals surface area contributed by atoms with Crippen molar-refractivity contribution >= 4 is 27.4 Å². The lowest BCUT2D eigenvalue weighted by atomic mass is 10.3. The lowest BCUT2D eigenvalue weighted by molar-refractivity contribution is 0.0530. The number of aromatic nitrogens is 1. The van der Waals surface area contributed by atoms with E-state index < -0.39 is 0 Å². The fraction of sp³-hybridized carbons (Fsp3) is 0.500. The second-order valence-corrected chi connectivity index (χ2v) is 4.61. The van der Waals surface area contributed by atoms with Gasteiger partial charge in [0, 0.05) is 23.8 Å². The molecular weight excluding hydrogens is 258 g/mol. The molecule has 0 aliphatic carbocycles.